The minimum atomic E-state index is -1.40. The zero-order valence-corrected chi connectivity index (χ0v) is 24.0. The highest BCUT2D eigenvalue weighted by atomic mass is 32.1. The summed E-state index contributed by atoms with van der Waals surface area (Å²) in [7, 11) is 1.53. The van der Waals surface area contributed by atoms with Gasteiger partial charge >= 0.3 is 5.97 Å². The first-order valence-corrected chi connectivity index (χ1v) is 14.2. The van der Waals surface area contributed by atoms with Gasteiger partial charge in [0.2, 0.25) is 5.78 Å². The second-order valence-electron chi connectivity index (χ2n) is 10.0. The van der Waals surface area contributed by atoms with Gasteiger partial charge in [-0.2, -0.15) is 0 Å². The lowest BCUT2D eigenvalue weighted by Crippen LogP contribution is -2.32. The van der Waals surface area contributed by atoms with Crippen molar-refractivity contribution in [3.05, 3.63) is 91.8 Å². The number of Topliss-reactive ketones (excluding diaryl/α,β-unsaturated/α-hetero) is 1. The lowest BCUT2D eigenvalue weighted by atomic mass is 9.82. The van der Waals surface area contributed by atoms with Crippen LogP contribution in [-0.4, -0.2) is 29.5 Å². The Bertz CT molecular complexity index is 1600. The molecule has 0 bridgehead atoms. The molecule has 1 aliphatic rings. The van der Waals surface area contributed by atoms with E-state index in [1.165, 1.54) is 29.8 Å². The van der Waals surface area contributed by atoms with Crippen LogP contribution in [0.15, 0.2) is 66.1 Å². The molecule has 2 aromatic heterocycles. The van der Waals surface area contributed by atoms with Crippen LogP contribution in [-0.2, 0) is 0 Å². The van der Waals surface area contributed by atoms with Crippen LogP contribution in [0.4, 0.5) is 5.69 Å². The number of fused-ring (bicyclic) bond motifs is 1. The number of rotatable bonds is 7. The zero-order valence-electron chi connectivity index (χ0n) is 22.3. The largest absolute Gasteiger partial charge is 0.496 e. The number of ketones is 1. The number of hydrogen-bond donors (Lipinski definition) is 2. The van der Waals surface area contributed by atoms with E-state index in [2.05, 4.69) is 25.2 Å². The van der Waals surface area contributed by atoms with Gasteiger partial charge in [0.25, 0.3) is 0 Å². The van der Waals surface area contributed by atoms with E-state index in [9.17, 15) is 14.7 Å². The molecule has 0 saturated heterocycles. The highest BCUT2D eigenvalue weighted by molar-refractivity contribution is 7.14. The Morgan fingerprint density at radius 1 is 1.00 bits per heavy atom. The predicted octanol–water partition coefficient (Wildman–Crippen LogP) is 7.54. The van der Waals surface area contributed by atoms with Gasteiger partial charge in [0.1, 0.15) is 22.5 Å². The summed E-state index contributed by atoms with van der Waals surface area (Å²) in [6, 6.07) is 16.1. The van der Waals surface area contributed by atoms with Gasteiger partial charge in [-0.25, -0.2) is 4.79 Å². The number of anilines is 1. The predicted molar refractivity (Wildman–Crippen MR) is 157 cm³/mol. The Morgan fingerprint density at radius 3 is 2.44 bits per heavy atom. The summed E-state index contributed by atoms with van der Waals surface area (Å²) in [6.07, 6.45) is 0.694. The number of thiophene rings is 2. The molecule has 39 heavy (non-hydrogen) atoms. The van der Waals surface area contributed by atoms with Gasteiger partial charge in [0.05, 0.1) is 17.5 Å². The van der Waals surface area contributed by atoms with E-state index < -0.39 is 12.1 Å². The van der Waals surface area contributed by atoms with Crippen molar-refractivity contribution in [1.82, 2.24) is 0 Å². The average Bonchev–Trinajstić information content (AvgIpc) is 3.59. The third-order valence-corrected chi connectivity index (χ3v) is 8.44. The molecular weight excluding hydrogens is 530 g/mol. The van der Waals surface area contributed by atoms with Crippen molar-refractivity contribution in [3.8, 4) is 22.6 Å². The molecule has 1 atom stereocenters. The fraction of sp³-hybridized carbons (Fsp3) is 0.226. The van der Waals surface area contributed by atoms with E-state index in [4.69, 9.17) is 9.47 Å². The number of ether oxygens (including phenoxy) is 2. The van der Waals surface area contributed by atoms with E-state index in [1.54, 1.807) is 36.4 Å². The molecule has 2 aromatic carbocycles. The third kappa shape index (κ3) is 5.28. The summed E-state index contributed by atoms with van der Waals surface area (Å²) in [5, 5.41) is 17.0. The van der Waals surface area contributed by atoms with Crippen molar-refractivity contribution >= 4 is 45.7 Å². The molecule has 4 aromatic rings. The normalized spacial score (nSPS) is 14.6. The van der Waals surface area contributed by atoms with Crippen molar-refractivity contribution in [2.45, 2.75) is 39.3 Å². The van der Waals surface area contributed by atoms with Crippen molar-refractivity contribution in [2.24, 2.45) is 0 Å². The summed E-state index contributed by atoms with van der Waals surface area (Å²) in [5.74, 6) is -0.0273. The monoisotopic (exact) mass is 559 g/mol. The molecule has 0 saturated carbocycles. The van der Waals surface area contributed by atoms with E-state index in [0.29, 0.717) is 37.9 Å². The Balaban J connectivity index is 1.64. The van der Waals surface area contributed by atoms with E-state index in [0.717, 1.165) is 21.7 Å². The molecule has 6 nitrogen and oxygen atoms in total. The average molecular weight is 560 g/mol. The number of nitrogens with one attached hydrogen (secondary N) is 1. The fourth-order valence-electron chi connectivity index (χ4n) is 5.01. The van der Waals surface area contributed by atoms with E-state index in [-0.39, 0.29) is 11.3 Å². The first kappa shape index (κ1) is 26.9. The molecule has 0 spiro atoms. The van der Waals surface area contributed by atoms with Gasteiger partial charge in [-0.05, 0) is 80.6 Å². The topological polar surface area (TPSA) is 84.9 Å². The highest BCUT2D eigenvalue weighted by Gasteiger charge is 2.32. The standard InChI is InChI=1S/C31H29NO5S2/c1-17-16-31(3,4)32-22-12-11-21(27(26(17)22)29(34)28(33)24-13-8-18(2)39-24)20-10-9-19(15-23(20)36-5)37-30(35)25-7-6-14-38-25/h6-16,29,32,34H,1-5H3. The number of methoxy groups -OCH3 is 1. The Hall–Kier alpha value is -3.72. The summed E-state index contributed by atoms with van der Waals surface area (Å²) in [6.45, 7) is 8.07. The number of esters is 1. The van der Waals surface area contributed by atoms with E-state index >= 15 is 0 Å². The maximum atomic E-state index is 13.5. The summed E-state index contributed by atoms with van der Waals surface area (Å²) < 4.78 is 11.3. The van der Waals surface area contributed by atoms with Crippen molar-refractivity contribution in [2.75, 3.05) is 12.4 Å². The van der Waals surface area contributed by atoms with Gasteiger partial charge in [0.15, 0.2) is 0 Å². The molecule has 3 heterocycles. The molecule has 0 amide bonds. The minimum Gasteiger partial charge on any atom is -0.496 e. The number of aryl methyl sites for hydroxylation is 1. The number of carbonyl (C=O) groups excluding carboxylic acids is 2. The molecule has 200 valence electrons. The number of aliphatic hydroxyl groups excluding tert-OH is 1. The quantitative estimate of drug-likeness (QED) is 0.138. The molecule has 0 radical (unpaired) electrons. The smallest absolute Gasteiger partial charge is 0.353 e. The SMILES string of the molecule is COc1cc(OC(=O)c2cccs2)ccc1-c1ccc2c(c1C(O)C(=O)c1ccc(C)s1)C(C)=CC(C)(C)N2. The lowest BCUT2D eigenvalue weighted by molar-refractivity contribution is 0.0736. The first-order valence-electron chi connectivity index (χ1n) is 12.5. The van der Waals surface area contributed by atoms with Gasteiger partial charge < -0.3 is 19.9 Å². The van der Waals surface area contributed by atoms with Crippen LogP contribution >= 0.6 is 22.7 Å². The summed E-state index contributed by atoms with van der Waals surface area (Å²) >= 11 is 2.67. The Labute approximate surface area is 235 Å². The molecule has 1 aliphatic heterocycles. The fourth-order valence-corrected chi connectivity index (χ4v) is 6.44. The van der Waals surface area contributed by atoms with Crippen LogP contribution in [0, 0.1) is 6.92 Å². The summed E-state index contributed by atoms with van der Waals surface area (Å²) in [5.41, 5.74) is 4.12. The van der Waals surface area contributed by atoms with Gasteiger partial charge in [0, 0.05) is 33.3 Å². The minimum absolute atomic E-state index is 0.290. The number of aliphatic hydroxyl groups is 1. The van der Waals surface area contributed by atoms with Crippen LogP contribution in [0.5, 0.6) is 11.5 Å². The van der Waals surface area contributed by atoms with Gasteiger partial charge in [-0.1, -0.05) is 18.2 Å². The maximum Gasteiger partial charge on any atom is 0.353 e. The van der Waals surface area contributed by atoms with Gasteiger partial charge in [-0.3, -0.25) is 4.79 Å². The molecule has 1 unspecified atom stereocenters. The van der Waals surface area contributed by atoms with Crippen LogP contribution < -0.4 is 14.8 Å². The van der Waals surface area contributed by atoms with Gasteiger partial charge in [-0.15, -0.1) is 22.7 Å². The first-order chi connectivity index (χ1) is 18.6. The molecule has 0 fully saturated rings. The van der Waals surface area contributed by atoms with Crippen LogP contribution in [0.2, 0.25) is 0 Å². The Kier molecular flexibility index (Phi) is 7.20. The second-order valence-corrected chi connectivity index (χ2v) is 12.3. The second kappa shape index (κ2) is 10.4. The van der Waals surface area contributed by atoms with Crippen LogP contribution in [0.1, 0.15) is 62.2 Å². The molecule has 8 heteroatoms. The van der Waals surface area contributed by atoms with E-state index in [1.807, 2.05) is 37.4 Å². The van der Waals surface area contributed by atoms with Crippen molar-refractivity contribution < 1.29 is 24.2 Å². The molecule has 0 aliphatic carbocycles. The van der Waals surface area contributed by atoms with Crippen LogP contribution in [0.25, 0.3) is 16.7 Å². The number of carbonyl (C=O) groups is 2. The third-order valence-electron chi connectivity index (χ3n) is 6.58. The van der Waals surface area contributed by atoms with Crippen molar-refractivity contribution in [3.63, 3.8) is 0 Å². The molecular formula is C31H29NO5S2. The lowest BCUT2D eigenvalue weighted by Gasteiger charge is -2.34. The number of allylic oxidation sites excluding steroid dienone is 1. The van der Waals surface area contributed by atoms with Crippen LogP contribution in [0.3, 0.4) is 0 Å². The molecule has 2 N–H and O–H groups in total. The highest BCUT2D eigenvalue weighted by Crippen LogP contribution is 2.46. The maximum absolute atomic E-state index is 13.5. The summed E-state index contributed by atoms with van der Waals surface area (Å²) in [4.78, 5) is 28.0. The molecule has 5 rings (SSSR count). The van der Waals surface area contributed by atoms with Crippen molar-refractivity contribution in [1.29, 1.82) is 0 Å². The number of benzene rings is 2. The zero-order chi connectivity index (χ0) is 27.9. The number of hydrogen-bond acceptors (Lipinski definition) is 8. The Morgan fingerprint density at radius 2 is 1.77 bits per heavy atom.